The summed E-state index contributed by atoms with van der Waals surface area (Å²) < 4.78 is 40.5. The van der Waals surface area contributed by atoms with Crippen LogP contribution in [0.3, 0.4) is 0 Å². The van der Waals surface area contributed by atoms with Gasteiger partial charge in [-0.15, -0.1) is 11.3 Å². The van der Waals surface area contributed by atoms with Gasteiger partial charge < -0.3 is 5.73 Å². The van der Waals surface area contributed by atoms with Gasteiger partial charge in [0.15, 0.2) is 0 Å². The van der Waals surface area contributed by atoms with Crippen LogP contribution >= 0.6 is 43.2 Å². The van der Waals surface area contributed by atoms with Crippen LogP contribution in [0.1, 0.15) is 4.88 Å². The average Bonchev–Trinajstić information content (AvgIpc) is 2.79. The minimum atomic E-state index is -3.79. The topological polar surface area (TPSA) is 63.4 Å². The molecular weight excluding hydrogens is 447 g/mol. The van der Waals surface area contributed by atoms with Gasteiger partial charge in [0.1, 0.15) is 10.7 Å². The molecule has 114 valence electrons. The number of rotatable bonds is 4. The van der Waals surface area contributed by atoms with Crippen LogP contribution in [0.2, 0.25) is 0 Å². The lowest BCUT2D eigenvalue weighted by atomic mass is 10.3. The van der Waals surface area contributed by atoms with Gasteiger partial charge in [-0.1, -0.05) is 0 Å². The Bertz CT molecular complexity index is 778. The van der Waals surface area contributed by atoms with Crippen LogP contribution < -0.4 is 5.73 Å². The fourth-order valence-corrected chi connectivity index (χ4v) is 5.02. The molecule has 0 spiro atoms. The largest absolute Gasteiger partial charge is 0.398 e. The molecule has 0 aliphatic carbocycles. The number of halogens is 3. The summed E-state index contributed by atoms with van der Waals surface area (Å²) in [5, 5.41) is 1.87. The highest BCUT2D eigenvalue weighted by atomic mass is 79.9. The first-order valence-electron chi connectivity index (χ1n) is 5.65. The molecule has 0 amide bonds. The molecule has 2 rings (SSSR count). The summed E-state index contributed by atoms with van der Waals surface area (Å²) in [6.45, 7) is 0.215. The third kappa shape index (κ3) is 3.65. The molecular formula is C12H11Br2FN2O2S2. The number of anilines is 1. The van der Waals surface area contributed by atoms with E-state index in [0.29, 0.717) is 0 Å². The molecule has 0 saturated heterocycles. The van der Waals surface area contributed by atoms with Crippen molar-refractivity contribution in [3.8, 4) is 0 Å². The van der Waals surface area contributed by atoms with Crippen LogP contribution in [0.4, 0.5) is 10.1 Å². The summed E-state index contributed by atoms with van der Waals surface area (Å²) in [6.07, 6.45) is 0. The third-order valence-corrected chi connectivity index (χ3v) is 6.89. The highest BCUT2D eigenvalue weighted by Gasteiger charge is 2.25. The highest BCUT2D eigenvalue weighted by Crippen LogP contribution is 2.29. The molecule has 0 fully saturated rings. The number of sulfonamides is 1. The van der Waals surface area contributed by atoms with E-state index in [2.05, 4.69) is 31.9 Å². The normalized spacial score (nSPS) is 12.0. The van der Waals surface area contributed by atoms with Crippen molar-refractivity contribution >= 4 is 58.9 Å². The molecule has 0 unspecified atom stereocenters. The van der Waals surface area contributed by atoms with Gasteiger partial charge in [0.25, 0.3) is 0 Å². The highest BCUT2D eigenvalue weighted by molar-refractivity contribution is 9.10. The van der Waals surface area contributed by atoms with E-state index in [1.54, 1.807) is 0 Å². The Hall–Kier alpha value is -0.480. The van der Waals surface area contributed by atoms with Gasteiger partial charge in [-0.3, -0.25) is 0 Å². The summed E-state index contributed by atoms with van der Waals surface area (Å²) >= 11 is 7.74. The molecule has 0 saturated carbocycles. The van der Waals surface area contributed by atoms with E-state index >= 15 is 0 Å². The quantitative estimate of drug-likeness (QED) is 0.710. The second-order valence-electron chi connectivity index (χ2n) is 4.30. The summed E-state index contributed by atoms with van der Waals surface area (Å²) in [6, 6.07) is 4.02. The number of nitrogens with zero attached hydrogens (tertiary/aromatic N) is 1. The fraction of sp³-hybridized carbons (Fsp3) is 0.167. The number of nitrogen functional groups attached to an aromatic ring is 1. The zero-order chi connectivity index (χ0) is 15.8. The third-order valence-electron chi connectivity index (χ3n) is 2.74. The average molecular weight is 458 g/mol. The van der Waals surface area contributed by atoms with Gasteiger partial charge in [0.05, 0.1) is 10.2 Å². The first kappa shape index (κ1) is 16.9. The number of benzene rings is 1. The molecule has 1 heterocycles. The van der Waals surface area contributed by atoms with Crippen molar-refractivity contribution < 1.29 is 12.8 Å². The van der Waals surface area contributed by atoms with Gasteiger partial charge >= 0.3 is 0 Å². The summed E-state index contributed by atoms with van der Waals surface area (Å²) in [4.78, 5) is 0.765. The zero-order valence-corrected chi connectivity index (χ0v) is 15.6. The molecule has 9 heteroatoms. The maximum atomic E-state index is 13.4. The Morgan fingerprint density at radius 1 is 1.33 bits per heavy atom. The smallest absolute Gasteiger partial charge is 0.245 e. The van der Waals surface area contributed by atoms with E-state index in [1.807, 2.05) is 11.4 Å². The van der Waals surface area contributed by atoms with Gasteiger partial charge in [0, 0.05) is 28.3 Å². The molecule has 2 N–H and O–H groups in total. The predicted molar refractivity (Wildman–Crippen MR) is 89.2 cm³/mol. The fourth-order valence-electron chi connectivity index (χ4n) is 1.68. The molecule has 4 nitrogen and oxygen atoms in total. The van der Waals surface area contributed by atoms with Crippen LogP contribution in [0, 0.1) is 5.82 Å². The van der Waals surface area contributed by atoms with Gasteiger partial charge in [-0.2, -0.15) is 4.31 Å². The van der Waals surface area contributed by atoms with E-state index in [4.69, 9.17) is 5.73 Å². The molecule has 1 aromatic heterocycles. The molecule has 0 atom stereocenters. The molecule has 1 aromatic carbocycles. The van der Waals surface area contributed by atoms with E-state index in [0.717, 1.165) is 15.4 Å². The molecule has 0 bridgehead atoms. The Labute approximate surface area is 143 Å². The number of thiophene rings is 1. The van der Waals surface area contributed by atoms with Crippen LogP contribution in [0.5, 0.6) is 0 Å². The maximum Gasteiger partial charge on any atom is 0.245 e. The van der Waals surface area contributed by atoms with Crippen molar-refractivity contribution in [1.82, 2.24) is 4.31 Å². The second-order valence-corrected chi connectivity index (χ2v) is 9.08. The Balaban J connectivity index is 2.35. The van der Waals surface area contributed by atoms with Crippen molar-refractivity contribution in [2.24, 2.45) is 0 Å². The lowest BCUT2D eigenvalue weighted by Crippen LogP contribution is -2.27. The van der Waals surface area contributed by atoms with Gasteiger partial charge in [-0.05, 0) is 50.1 Å². The van der Waals surface area contributed by atoms with E-state index in [-0.39, 0.29) is 21.6 Å². The van der Waals surface area contributed by atoms with Crippen LogP contribution in [-0.2, 0) is 16.6 Å². The van der Waals surface area contributed by atoms with Crippen molar-refractivity contribution in [3.05, 3.63) is 43.2 Å². The van der Waals surface area contributed by atoms with Crippen molar-refractivity contribution in [2.75, 3.05) is 12.8 Å². The standard InChI is InChI=1S/C12H11Br2FN2O2S2/c1-17(5-8-2-7(13)6-20-8)21(18,19)12-3-9(14)10(15)4-11(12)16/h2-4,6H,5,16H2,1H3. The lowest BCUT2D eigenvalue weighted by Gasteiger charge is -2.18. The summed E-state index contributed by atoms with van der Waals surface area (Å²) in [5.74, 6) is -0.601. The minimum absolute atomic E-state index is 0.0579. The van der Waals surface area contributed by atoms with Gasteiger partial charge in [-0.25, -0.2) is 12.8 Å². The van der Waals surface area contributed by atoms with Crippen LogP contribution in [0.15, 0.2) is 37.4 Å². The van der Waals surface area contributed by atoms with E-state index < -0.39 is 15.8 Å². The number of hydrogen-bond donors (Lipinski definition) is 1. The molecule has 0 radical (unpaired) electrons. The van der Waals surface area contributed by atoms with Crippen molar-refractivity contribution in [2.45, 2.75) is 11.4 Å². The second kappa shape index (κ2) is 6.33. The van der Waals surface area contributed by atoms with Crippen molar-refractivity contribution in [3.63, 3.8) is 0 Å². The Morgan fingerprint density at radius 3 is 2.57 bits per heavy atom. The molecule has 0 aliphatic heterocycles. The summed E-state index contributed by atoms with van der Waals surface area (Å²) in [7, 11) is -2.34. The number of hydrogen-bond acceptors (Lipinski definition) is 4. The van der Waals surface area contributed by atoms with E-state index in [9.17, 15) is 12.8 Å². The molecule has 0 aliphatic rings. The Morgan fingerprint density at radius 2 is 2.00 bits per heavy atom. The lowest BCUT2D eigenvalue weighted by molar-refractivity contribution is 0.469. The number of nitrogens with two attached hydrogens (primary N) is 1. The first-order chi connectivity index (χ1) is 9.71. The predicted octanol–water partition coefficient (Wildman–Crippen LogP) is 3.82. The minimum Gasteiger partial charge on any atom is -0.398 e. The van der Waals surface area contributed by atoms with E-state index in [1.165, 1.54) is 28.8 Å². The molecule has 21 heavy (non-hydrogen) atoms. The zero-order valence-electron chi connectivity index (χ0n) is 10.8. The van der Waals surface area contributed by atoms with Gasteiger partial charge in [0.2, 0.25) is 10.0 Å². The maximum absolute atomic E-state index is 13.4. The van der Waals surface area contributed by atoms with Crippen LogP contribution in [-0.4, -0.2) is 19.8 Å². The summed E-state index contributed by atoms with van der Waals surface area (Å²) in [5.41, 5.74) is 5.52. The molecule has 2 aromatic rings. The first-order valence-corrected chi connectivity index (χ1v) is 9.56. The monoisotopic (exact) mass is 456 g/mol. The van der Waals surface area contributed by atoms with Crippen molar-refractivity contribution in [1.29, 1.82) is 0 Å². The Kier molecular flexibility index (Phi) is 5.09. The van der Waals surface area contributed by atoms with Crippen LogP contribution in [0.25, 0.3) is 0 Å². The SMILES string of the molecule is CN(Cc1cc(Br)cs1)S(=O)(=O)c1cc(Br)c(F)cc1N.